The van der Waals surface area contributed by atoms with E-state index in [9.17, 15) is 45.8 Å². The molecule has 2 aromatic carbocycles. The van der Waals surface area contributed by atoms with E-state index in [1.807, 2.05) is 0 Å². The van der Waals surface area contributed by atoms with Crippen LogP contribution in [0.3, 0.4) is 0 Å². The van der Waals surface area contributed by atoms with E-state index in [1.165, 1.54) is 13.8 Å². The number of nitrogens with zero attached hydrogens (tertiary/aromatic N) is 2. The summed E-state index contributed by atoms with van der Waals surface area (Å²) in [6, 6.07) is 0.129. The standard InChI is InChI=1S/C40H41F8N3O4/c1-6-23-14-27(34-21(4)12-26(41)13-22(34)5)37(43)35(36(23)42)30(16-33(53)54)49-38(55)31(11-20(2)3)51-19-28(29(15-32(51)52)40(46,47)48)24-7-9-50(10-8-24)18-25-17-39(25,44)45/h1,12-15,19-20,24-25,30-31H,7-11,16-18H2,2-5H3,(H,49,55)(H,53,54)/t25-,30+,31-/m0/s1. The van der Waals surface area contributed by atoms with Gasteiger partial charge in [-0.1, -0.05) is 19.8 Å². The molecule has 3 atom stereocenters. The predicted octanol–water partition coefficient (Wildman–Crippen LogP) is 8.30. The average Bonchev–Trinajstić information content (AvgIpc) is 3.68. The number of carbonyl (C=O) groups excluding carboxylic acids is 1. The Hall–Kier alpha value is -4.71. The highest BCUT2D eigenvalue weighted by molar-refractivity contribution is 5.82. The van der Waals surface area contributed by atoms with Gasteiger partial charge in [-0.05, 0) is 98.5 Å². The summed E-state index contributed by atoms with van der Waals surface area (Å²) in [6.45, 7) is 6.85. The lowest BCUT2D eigenvalue weighted by Gasteiger charge is -2.34. The van der Waals surface area contributed by atoms with E-state index in [0.29, 0.717) is 6.07 Å². The third-order valence-electron chi connectivity index (χ3n) is 10.4. The zero-order chi connectivity index (χ0) is 40.7. The molecule has 0 unspecified atom stereocenters. The number of likely N-dealkylation sites (tertiary alicyclic amines) is 1. The van der Waals surface area contributed by atoms with Crippen molar-refractivity contribution in [2.24, 2.45) is 11.8 Å². The summed E-state index contributed by atoms with van der Waals surface area (Å²) in [4.78, 5) is 41.5. The SMILES string of the molecule is C#Cc1cc(-c2c(C)cc(F)cc2C)c(F)c([C@@H](CC(=O)O)NC(=O)[C@H](CC(C)C)n2cc(C3CCN(C[C@@H]4CC4(F)F)CC3)c(C(F)(F)F)cc2=O)c1F. The van der Waals surface area contributed by atoms with Crippen LogP contribution in [0, 0.1) is 55.5 Å². The molecule has 296 valence electrons. The quantitative estimate of drug-likeness (QED) is 0.143. The lowest BCUT2D eigenvalue weighted by atomic mass is 9.87. The van der Waals surface area contributed by atoms with E-state index < -0.39 is 94.0 Å². The van der Waals surface area contributed by atoms with Crippen molar-refractivity contribution in [3.8, 4) is 23.5 Å². The highest BCUT2D eigenvalue weighted by Gasteiger charge is 2.57. The zero-order valence-electron chi connectivity index (χ0n) is 30.6. The van der Waals surface area contributed by atoms with Crippen molar-refractivity contribution in [1.29, 1.82) is 0 Å². The number of alkyl halides is 5. The van der Waals surface area contributed by atoms with Crippen LogP contribution in [0.4, 0.5) is 35.1 Å². The molecule has 1 aliphatic heterocycles. The number of nitrogens with one attached hydrogen (secondary N) is 1. The first-order valence-corrected chi connectivity index (χ1v) is 17.8. The number of terminal acetylenes is 1. The largest absolute Gasteiger partial charge is 0.481 e. The number of hydrogen-bond donors (Lipinski definition) is 2. The number of hydrogen-bond acceptors (Lipinski definition) is 4. The van der Waals surface area contributed by atoms with Gasteiger partial charge in [-0.15, -0.1) is 6.42 Å². The number of amides is 1. The maximum atomic E-state index is 16.6. The predicted molar refractivity (Wildman–Crippen MR) is 188 cm³/mol. The molecule has 0 radical (unpaired) electrons. The molecule has 2 aliphatic rings. The lowest BCUT2D eigenvalue weighted by Crippen LogP contribution is -2.41. The smallest absolute Gasteiger partial charge is 0.416 e. The molecule has 2 fully saturated rings. The zero-order valence-corrected chi connectivity index (χ0v) is 30.6. The van der Waals surface area contributed by atoms with Crippen molar-refractivity contribution in [2.75, 3.05) is 19.6 Å². The average molecular weight is 780 g/mol. The first-order chi connectivity index (χ1) is 25.6. The van der Waals surface area contributed by atoms with Gasteiger partial charge in [0.15, 0.2) is 0 Å². The number of pyridine rings is 1. The minimum Gasteiger partial charge on any atom is -0.481 e. The number of aryl methyl sites for hydroxylation is 2. The van der Waals surface area contributed by atoms with Crippen LogP contribution >= 0.6 is 0 Å². The van der Waals surface area contributed by atoms with E-state index in [-0.39, 0.29) is 79.1 Å². The van der Waals surface area contributed by atoms with Crippen LogP contribution in [0.2, 0.25) is 0 Å². The first kappa shape index (κ1) is 41.5. The van der Waals surface area contributed by atoms with Gasteiger partial charge in [0.25, 0.3) is 11.5 Å². The number of aromatic nitrogens is 1. The summed E-state index contributed by atoms with van der Waals surface area (Å²) in [6.07, 6.45) is 0.387. The molecule has 7 nitrogen and oxygen atoms in total. The molecule has 1 saturated heterocycles. The summed E-state index contributed by atoms with van der Waals surface area (Å²) in [5.74, 6) is -8.55. The van der Waals surface area contributed by atoms with Crippen LogP contribution in [-0.2, 0) is 15.8 Å². The van der Waals surface area contributed by atoms with Crippen LogP contribution in [0.1, 0.15) is 97.3 Å². The summed E-state index contributed by atoms with van der Waals surface area (Å²) < 4.78 is 118. The number of piperidine rings is 1. The van der Waals surface area contributed by atoms with E-state index >= 15 is 8.78 Å². The van der Waals surface area contributed by atoms with Gasteiger partial charge in [0.2, 0.25) is 5.91 Å². The second kappa shape index (κ2) is 15.8. The van der Waals surface area contributed by atoms with Gasteiger partial charge in [-0.2, -0.15) is 13.2 Å². The Morgan fingerprint density at radius 3 is 2.15 bits per heavy atom. The lowest BCUT2D eigenvalue weighted by molar-refractivity contribution is -0.139. The van der Waals surface area contributed by atoms with Gasteiger partial charge >= 0.3 is 12.1 Å². The Morgan fingerprint density at radius 1 is 1.04 bits per heavy atom. The molecule has 0 bridgehead atoms. The topological polar surface area (TPSA) is 91.6 Å². The minimum absolute atomic E-state index is 0.107. The Bertz CT molecular complexity index is 2060. The molecule has 2 heterocycles. The summed E-state index contributed by atoms with van der Waals surface area (Å²) in [5, 5.41) is 12.2. The highest BCUT2D eigenvalue weighted by atomic mass is 19.4. The summed E-state index contributed by atoms with van der Waals surface area (Å²) >= 11 is 0. The molecule has 3 aromatic rings. The van der Waals surface area contributed by atoms with Crippen LogP contribution < -0.4 is 10.9 Å². The molecular formula is C40H41F8N3O4. The number of aliphatic carboxylic acids is 1. The minimum atomic E-state index is -4.96. The third kappa shape index (κ3) is 9.06. The van der Waals surface area contributed by atoms with Crippen molar-refractivity contribution >= 4 is 11.9 Å². The summed E-state index contributed by atoms with van der Waals surface area (Å²) in [7, 11) is 0. The monoisotopic (exact) mass is 779 g/mol. The van der Waals surface area contributed by atoms with E-state index in [4.69, 9.17) is 6.42 Å². The Balaban J connectivity index is 1.56. The first-order valence-electron chi connectivity index (χ1n) is 17.8. The van der Waals surface area contributed by atoms with Gasteiger partial charge in [-0.3, -0.25) is 14.4 Å². The number of carboxylic acid groups (broad SMARTS) is 1. The van der Waals surface area contributed by atoms with E-state index in [2.05, 4.69) is 11.2 Å². The van der Waals surface area contributed by atoms with Crippen LogP contribution in [0.15, 0.2) is 35.3 Å². The fourth-order valence-corrected chi connectivity index (χ4v) is 7.63. The summed E-state index contributed by atoms with van der Waals surface area (Å²) in [5.41, 5.74) is -3.72. The van der Waals surface area contributed by atoms with Gasteiger partial charge in [-0.25, -0.2) is 22.0 Å². The van der Waals surface area contributed by atoms with Crippen LogP contribution in [0.25, 0.3) is 11.1 Å². The molecule has 1 amide bonds. The molecule has 1 saturated carbocycles. The number of rotatable bonds is 12. The molecular weight excluding hydrogens is 738 g/mol. The fraction of sp³-hybridized carbons (Fsp3) is 0.475. The Labute approximate surface area is 312 Å². The van der Waals surface area contributed by atoms with Gasteiger partial charge in [0.1, 0.15) is 23.5 Å². The van der Waals surface area contributed by atoms with Crippen molar-refractivity contribution < 1.29 is 49.8 Å². The Kier molecular flexibility index (Phi) is 11.9. The van der Waals surface area contributed by atoms with Crippen molar-refractivity contribution in [1.82, 2.24) is 14.8 Å². The van der Waals surface area contributed by atoms with E-state index in [0.717, 1.165) is 29.0 Å². The molecule has 1 aromatic heterocycles. The van der Waals surface area contributed by atoms with Crippen LogP contribution in [-0.4, -0.2) is 52.0 Å². The number of carbonyl (C=O) groups is 2. The van der Waals surface area contributed by atoms with Crippen molar-refractivity contribution in [2.45, 2.75) is 89.9 Å². The van der Waals surface area contributed by atoms with Gasteiger partial charge in [0, 0.05) is 42.3 Å². The molecule has 0 spiro atoms. The highest BCUT2D eigenvalue weighted by Crippen LogP contribution is 2.49. The van der Waals surface area contributed by atoms with E-state index in [1.54, 1.807) is 18.7 Å². The maximum Gasteiger partial charge on any atom is 0.416 e. The molecule has 15 heteroatoms. The second-order valence-corrected chi connectivity index (χ2v) is 15.0. The Morgan fingerprint density at radius 2 is 1.64 bits per heavy atom. The van der Waals surface area contributed by atoms with Crippen molar-refractivity contribution in [3.63, 3.8) is 0 Å². The molecule has 55 heavy (non-hydrogen) atoms. The third-order valence-corrected chi connectivity index (χ3v) is 10.4. The number of halogens is 8. The second-order valence-electron chi connectivity index (χ2n) is 15.0. The van der Waals surface area contributed by atoms with Crippen LogP contribution in [0.5, 0.6) is 0 Å². The maximum absolute atomic E-state index is 16.6. The molecule has 2 N–H and O–H groups in total. The number of benzene rings is 2. The fourth-order valence-electron chi connectivity index (χ4n) is 7.63. The van der Waals surface area contributed by atoms with Gasteiger partial charge in [0.05, 0.1) is 23.6 Å². The normalized spacial score (nSPS) is 18.5. The molecule has 1 aliphatic carbocycles. The van der Waals surface area contributed by atoms with Gasteiger partial charge < -0.3 is 19.9 Å². The number of carboxylic acids is 1. The molecule has 5 rings (SSSR count). The van der Waals surface area contributed by atoms with Crippen molar-refractivity contribution in [3.05, 3.63) is 91.6 Å².